The second-order valence-corrected chi connectivity index (χ2v) is 7.02. The summed E-state index contributed by atoms with van der Waals surface area (Å²) in [6.07, 6.45) is 0.533. The van der Waals surface area contributed by atoms with Crippen LogP contribution >= 0.6 is 15.9 Å². The molecule has 0 saturated carbocycles. The average molecular weight is 371 g/mol. The van der Waals surface area contributed by atoms with Crippen molar-refractivity contribution in [3.05, 3.63) is 52.5 Å². The normalized spacial score (nSPS) is 11.3. The average Bonchev–Trinajstić information content (AvgIpc) is 2.43. The van der Waals surface area contributed by atoms with Crippen LogP contribution in [0.1, 0.15) is 5.56 Å². The van der Waals surface area contributed by atoms with Gasteiger partial charge in [0.1, 0.15) is 4.90 Å². The van der Waals surface area contributed by atoms with Gasteiger partial charge in [0, 0.05) is 16.8 Å². The third kappa shape index (κ3) is 3.96. The second kappa shape index (κ2) is 6.46. The molecule has 7 heteroatoms. The van der Waals surface area contributed by atoms with Crippen LogP contribution in [-0.4, -0.2) is 20.1 Å². The molecule has 0 aliphatic heterocycles. The van der Waals surface area contributed by atoms with E-state index in [1.807, 2.05) is 0 Å². The van der Waals surface area contributed by atoms with Crippen LogP contribution in [0.3, 0.4) is 0 Å². The second-order valence-electron chi connectivity index (χ2n) is 4.46. The number of nitrogens with one attached hydrogen (secondary N) is 1. The van der Waals surface area contributed by atoms with Crippen molar-refractivity contribution in [3.8, 4) is 0 Å². The first-order valence-corrected chi connectivity index (χ1v) is 8.47. The summed E-state index contributed by atoms with van der Waals surface area (Å²) in [5.74, 6) is 0. The summed E-state index contributed by atoms with van der Waals surface area (Å²) in [6, 6.07) is 11.5. The van der Waals surface area contributed by atoms with E-state index < -0.39 is 10.0 Å². The Hall–Kier alpha value is -1.57. The number of hydrogen-bond acceptors (Lipinski definition) is 4. The Balaban J connectivity index is 2.26. The third-order valence-electron chi connectivity index (χ3n) is 2.87. The summed E-state index contributed by atoms with van der Waals surface area (Å²) in [5, 5.41) is 8.85. The minimum absolute atomic E-state index is 0.0244. The molecule has 0 heterocycles. The first-order chi connectivity index (χ1) is 9.92. The number of halogens is 1. The van der Waals surface area contributed by atoms with E-state index in [0.717, 1.165) is 5.56 Å². The monoisotopic (exact) mass is 370 g/mol. The molecule has 4 N–H and O–H groups in total. The maximum atomic E-state index is 12.3. The molecule has 112 valence electrons. The number of aliphatic hydroxyl groups is 1. The number of sulfonamides is 1. The number of nitrogens with two attached hydrogens (primary N) is 1. The van der Waals surface area contributed by atoms with Crippen LogP contribution < -0.4 is 10.5 Å². The summed E-state index contributed by atoms with van der Waals surface area (Å²) >= 11 is 3.23. The zero-order chi connectivity index (χ0) is 15.5. The van der Waals surface area contributed by atoms with E-state index in [1.54, 1.807) is 30.3 Å². The van der Waals surface area contributed by atoms with Gasteiger partial charge >= 0.3 is 0 Å². The quantitative estimate of drug-likeness (QED) is 0.704. The van der Waals surface area contributed by atoms with Crippen molar-refractivity contribution in [1.82, 2.24) is 0 Å². The fraction of sp³-hybridized carbons (Fsp3) is 0.143. The Labute approximate surface area is 132 Å². The van der Waals surface area contributed by atoms with Crippen molar-refractivity contribution in [3.63, 3.8) is 0 Å². The van der Waals surface area contributed by atoms with E-state index in [-0.39, 0.29) is 17.2 Å². The van der Waals surface area contributed by atoms with Crippen molar-refractivity contribution < 1.29 is 13.5 Å². The zero-order valence-electron chi connectivity index (χ0n) is 11.1. The third-order valence-corrected chi connectivity index (χ3v) is 4.80. The van der Waals surface area contributed by atoms with Crippen molar-refractivity contribution in [2.24, 2.45) is 0 Å². The minimum Gasteiger partial charge on any atom is -0.398 e. The summed E-state index contributed by atoms with van der Waals surface area (Å²) in [4.78, 5) is 0.0244. The Kier molecular flexibility index (Phi) is 4.87. The molecule has 0 amide bonds. The Bertz CT molecular complexity index is 730. The lowest BCUT2D eigenvalue weighted by atomic mass is 10.1. The Morgan fingerprint density at radius 2 is 1.81 bits per heavy atom. The highest BCUT2D eigenvalue weighted by molar-refractivity contribution is 9.10. The van der Waals surface area contributed by atoms with E-state index >= 15 is 0 Å². The highest BCUT2D eigenvalue weighted by Crippen LogP contribution is 2.25. The number of anilines is 2. The van der Waals surface area contributed by atoms with E-state index in [1.165, 1.54) is 12.1 Å². The van der Waals surface area contributed by atoms with Gasteiger partial charge in [0.15, 0.2) is 0 Å². The number of nitrogen functional groups attached to an aromatic ring is 1. The molecule has 0 saturated heterocycles. The van der Waals surface area contributed by atoms with Gasteiger partial charge in [-0.1, -0.05) is 28.1 Å². The maximum absolute atomic E-state index is 12.3. The van der Waals surface area contributed by atoms with Crippen LogP contribution in [0.5, 0.6) is 0 Å². The molecule has 0 aromatic heterocycles. The largest absolute Gasteiger partial charge is 0.398 e. The van der Waals surface area contributed by atoms with E-state index in [4.69, 9.17) is 10.8 Å². The topological polar surface area (TPSA) is 92.4 Å². The molecular formula is C14H15BrN2O3S. The molecule has 0 unspecified atom stereocenters. The van der Waals surface area contributed by atoms with Crippen LogP contribution in [0, 0.1) is 0 Å². The first-order valence-electron chi connectivity index (χ1n) is 6.20. The van der Waals surface area contributed by atoms with Crippen LogP contribution in [-0.2, 0) is 16.4 Å². The van der Waals surface area contributed by atoms with Gasteiger partial charge in [-0.15, -0.1) is 0 Å². The lowest BCUT2D eigenvalue weighted by Gasteiger charge is -2.11. The predicted octanol–water partition coefficient (Wildman–Crippen LogP) is 2.37. The molecule has 2 aromatic rings. The SMILES string of the molecule is Nc1ccc(Br)cc1S(=O)(=O)Nc1ccc(CCO)cc1. The zero-order valence-corrected chi connectivity index (χ0v) is 13.5. The molecule has 0 radical (unpaired) electrons. The lowest BCUT2D eigenvalue weighted by Crippen LogP contribution is -2.14. The highest BCUT2D eigenvalue weighted by atomic mass is 79.9. The minimum atomic E-state index is -3.75. The standard InChI is InChI=1S/C14H15BrN2O3S/c15-11-3-6-13(16)14(9-11)21(19,20)17-12-4-1-10(2-5-12)7-8-18/h1-6,9,17-18H,7-8,16H2. The van der Waals surface area contributed by atoms with Crippen molar-refractivity contribution in [1.29, 1.82) is 0 Å². The lowest BCUT2D eigenvalue weighted by molar-refractivity contribution is 0.299. The number of rotatable bonds is 5. The molecule has 0 spiro atoms. The summed E-state index contributed by atoms with van der Waals surface area (Å²) in [5.41, 5.74) is 7.28. The summed E-state index contributed by atoms with van der Waals surface area (Å²) in [7, 11) is -3.75. The van der Waals surface area contributed by atoms with E-state index in [9.17, 15) is 8.42 Å². The van der Waals surface area contributed by atoms with Crippen LogP contribution in [0.15, 0.2) is 51.8 Å². The van der Waals surface area contributed by atoms with Crippen molar-refractivity contribution >= 4 is 37.3 Å². The Morgan fingerprint density at radius 3 is 2.43 bits per heavy atom. The van der Waals surface area contributed by atoms with Gasteiger partial charge in [-0.05, 0) is 42.3 Å². The fourth-order valence-corrected chi connectivity index (χ4v) is 3.55. The molecule has 5 nitrogen and oxygen atoms in total. The van der Waals surface area contributed by atoms with Crippen LogP contribution in [0.2, 0.25) is 0 Å². The predicted molar refractivity (Wildman–Crippen MR) is 86.6 cm³/mol. The molecule has 21 heavy (non-hydrogen) atoms. The molecule has 0 fully saturated rings. The molecule has 2 aromatic carbocycles. The van der Waals surface area contributed by atoms with Crippen molar-refractivity contribution in [2.45, 2.75) is 11.3 Å². The van der Waals surface area contributed by atoms with Crippen molar-refractivity contribution in [2.75, 3.05) is 17.1 Å². The van der Waals surface area contributed by atoms with Gasteiger partial charge < -0.3 is 10.8 Å². The van der Waals surface area contributed by atoms with E-state index in [2.05, 4.69) is 20.7 Å². The number of hydrogen-bond donors (Lipinski definition) is 3. The summed E-state index contributed by atoms with van der Waals surface area (Å²) in [6.45, 7) is 0.0552. The smallest absolute Gasteiger partial charge is 0.263 e. The fourth-order valence-electron chi connectivity index (χ4n) is 1.82. The highest BCUT2D eigenvalue weighted by Gasteiger charge is 2.17. The van der Waals surface area contributed by atoms with Gasteiger partial charge in [0.05, 0.1) is 5.69 Å². The number of aliphatic hydroxyl groups excluding tert-OH is 1. The Morgan fingerprint density at radius 1 is 1.14 bits per heavy atom. The van der Waals surface area contributed by atoms with Gasteiger partial charge in [0.2, 0.25) is 0 Å². The van der Waals surface area contributed by atoms with Gasteiger partial charge in [-0.2, -0.15) is 0 Å². The van der Waals surface area contributed by atoms with Crippen LogP contribution in [0.4, 0.5) is 11.4 Å². The van der Waals surface area contributed by atoms with Gasteiger partial charge in [-0.25, -0.2) is 8.42 Å². The molecule has 0 bridgehead atoms. The van der Waals surface area contributed by atoms with E-state index in [0.29, 0.717) is 16.6 Å². The van der Waals surface area contributed by atoms with Gasteiger partial charge in [0.25, 0.3) is 10.0 Å². The molecular weight excluding hydrogens is 356 g/mol. The van der Waals surface area contributed by atoms with Crippen LogP contribution in [0.25, 0.3) is 0 Å². The first kappa shape index (κ1) is 15.8. The van der Waals surface area contributed by atoms with Gasteiger partial charge in [-0.3, -0.25) is 4.72 Å². The molecule has 0 aliphatic rings. The molecule has 2 rings (SSSR count). The number of benzene rings is 2. The maximum Gasteiger partial charge on any atom is 0.263 e. The summed E-state index contributed by atoms with van der Waals surface area (Å²) < 4.78 is 27.8. The molecule has 0 atom stereocenters. The molecule has 0 aliphatic carbocycles.